The topological polar surface area (TPSA) is 118 Å². The van der Waals surface area contributed by atoms with Gasteiger partial charge in [-0.25, -0.2) is 4.79 Å². The van der Waals surface area contributed by atoms with Crippen LogP contribution in [0.4, 0.5) is 0 Å². The van der Waals surface area contributed by atoms with Crippen molar-refractivity contribution in [2.24, 2.45) is 0 Å². The maximum absolute atomic E-state index is 11.1. The second kappa shape index (κ2) is 10.3. The number of carboxylic acid groups (broad SMARTS) is 1. The van der Waals surface area contributed by atoms with Crippen molar-refractivity contribution in [1.82, 2.24) is 0 Å². The molecule has 5 N–H and O–H groups in total. The maximum Gasteiger partial charge on any atom is 0.335 e. The van der Waals surface area contributed by atoms with Gasteiger partial charge >= 0.3 is 5.97 Å². The highest BCUT2D eigenvalue weighted by Gasteiger charge is 2.23. The Morgan fingerprint density at radius 1 is 1.11 bits per heavy atom. The number of aromatic hydroxyl groups is 2. The first-order chi connectivity index (χ1) is 12.9. The number of carbonyl (C=O) groups is 1. The summed E-state index contributed by atoms with van der Waals surface area (Å²) in [5.41, 5.74) is 1.43. The van der Waals surface area contributed by atoms with E-state index < -0.39 is 23.4 Å². The summed E-state index contributed by atoms with van der Waals surface area (Å²) in [5.74, 6) is -1.89. The van der Waals surface area contributed by atoms with E-state index in [0.717, 1.165) is 30.1 Å². The first-order valence-electron chi connectivity index (χ1n) is 9.41. The second-order valence-corrected chi connectivity index (χ2v) is 7.86. The fraction of sp³-hybridized carbons (Fsp3) is 0.500. The van der Waals surface area contributed by atoms with Crippen LogP contribution in [-0.4, -0.2) is 43.2 Å². The van der Waals surface area contributed by atoms with E-state index in [4.69, 9.17) is 5.11 Å². The highest BCUT2D eigenvalue weighted by Crippen LogP contribution is 2.31. The van der Waals surface area contributed by atoms with E-state index in [2.05, 4.69) is 6.08 Å². The summed E-state index contributed by atoms with van der Waals surface area (Å²) in [7, 11) is 0. The molecule has 0 aromatic heterocycles. The minimum Gasteiger partial charge on any atom is -0.504 e. The van der Waals surface area contributed by atoms with Crippen molar-refractivity contribution in [3.63, 3.8) is 0 Å². The van der Waals surface area contributed by atoms with E-state index >= 15 is 0 Å². The van der Waals surface area contributed by atoms with Gasteiger partial charge in [0, 0.05) is 5.56 Å². The molecular weight excluding hydrogens is 360 g/mol. The Labute approximate surface area is 166 Å². The number of phenolic OH excluding ortho intramolecular Hbond substituents is 2. The number of aromatic carboxylic acids is 1. The van der Waals surface area contributed by atoms with Crippen LogP contribution in [-0.2, 0) is 6.42 Å². The molecule has 1 aromatic carbocycles. The molecule has 28 heavy (non-hydrogen) atoms. The van der Waals surface area contributed by atoms with E-state index in [1.807, 2.05) is 19.9 Å². The molecule has 0 fully saturated rings. The molecule has 156 valence electrons. The van der Waals surface area contributed by atoms with E-state index in [1.165, 1.54) is 6.07 Å². The van der Waals surface area contributed by atoms with Crippen molar-refractivity contribution < 1.29 is 30.3 Å². The smallest absolute Gasteiger partial charge is 0.335 e. The van der Waals surface area contributed by atoms with Gasteiger partial charge in [0.2, 0.25) is 0 Å². The van der Waals surface area contributed by atoms with Crippen LogP contribution in [0.5, 0.6) is 11.5 Å². The summed E-state index contributed by atoms with van der Waals surface area (Å²) in [6, 6.07) is 2.39. The second-order valence-electron chi connectivity index (χ2n) is 7.86. The molecule has 0 unspecified atom stereocenters. The lowest BCUT2D eigenvalue weighted by atomic mass is 9.95. The SMILES string of the molecule is C/C(=C\Cc1cc(C(=O)O)cc(O)c1O)CC/C=C(\C)CC[C@@H](O)C(C)(C)O. The zero-order chi connectivity index (χ0) is 21.5. The molecule has 0 aliphatic carbocycles. The van der Waals surface area contributed by atoms with Gasteiger partial charge < -0.3 is 25.5 Å². The van der Waals surface area contributed by atoms with Gasteiger partial charge in [-0.2, -0.15) is 0 Å². The Balaban J connectivity index is 2.59. The summed E-state index contributed by atoms with van der Waals surface area (Å²) in [4.78, 5) is 11.1. The first-order valence-corrected chi connectivity index (χ1v) is 9.41. The third-order valence-corrected chi connectivity index (χ3v) is 4.75. The number of hydrogen-bond acceptors (Lipinski definition) is 5. The van der Waals surface area contributed by atoms with Gasteiger partial charge in [0.1, 0.15) is 0 Å². The molecule has 0 radical (unpaired) electrons. The molecule has 0 saturated carbocycles. The summed E-state index contributed by atoms with van der Waals surface area (Å²) >= 11 is 0. The van der Waals surface area contributed by atoms with E-state index in [0.29, 0.717) is 24.8 Å². The summed E-state index contributed by atoms with van der Waals surface area (Å²) in [5, 5.41) is 48.2. The van der Waals surface area contributed by atoms with Crippen molar-refractivity contribution in [3.05, 3.63) is 46.6 Å². The Hall–Kier alpha value is -2.31. The number of aliphatic hydroxyl groups is 2. The molecule has 6 heteroatoms. The van der Waals surface area contributed by atoms with Gasteiger partial charge in [0.05, 0.1) is 17.3 Å². The summed E-state index contributed by atoms with van der Waals surface area (Å²) in [6.45, 7) is 7.14. The predicted molar refractivity (Wildman–Crippen MR) is 109 cm³/mol. The van der Waals surface area contributed by atoms with E-state index in [1.54, 1.807) is 13.8 Å². The largest absolute Gasteiger partial charge is 0.504 e. The highest BCUT2D eigenvalue weighted by atomic mass is 16.4. The highest BCUT2D eigenvalue weighted by molar-refractivity contribution is 5.89. The average Bonchev–Trinajstić information content (AvgIpc) is 2.59. The van der Waals surface area contributed by atoms with Crippen molar-refractivity contribution in [1.29, 1.82) is 0 Å². The van der Waals surface area contributed by atoms with Crippen molar-refractivity contribution in [3.8, 4) is 11.5 Å². The quantitative estimate of drug-likeness (QED) is 0.304. The molecule has 1 aromatic rings. The standard InChI is InChI=1S/C22H32O6/c1-14(6-5-7-15(2)9-11-19(24)22(3,4)28)8-10-16-12-17(21(26)27)13-18(23)20(16)25/h7-8,12-13,19,23-25,28H,5-6,9-11H2,1-4H3,(H,26,27)/b14-8+,15-7+/t19-/m1/s1. The predicted octanol–water partition coefficient (Wildman–Crippen LogP) is 3.92. The fourth-order valence-corrected chi connectivity index (χ4v) is 2.71. The van der Waals surface area contributed by atoms with Crippen LogP contribution in [0, 0.1) is 0 Å². The van der Waals surface area contributed by atoms with Gasteiger partial charge in [-0.1, -0.05) is 23.3 Å². The third kappa shape index (κ3) is 7.74. The Bertz CT molecular complexity index is 740. The molecule has 1 atom stereocenters. The van der Waals surface area contributed by atoms with Gasteiger partial charge in [0.15, 0.2) is 11.5 Å². The zero-order valence-corrected chi connectivity index (χ0v) is 17.1. The van der Waals surface area contributed by atoms with Crippen LogP contribution in [0.1, 0.15) is 69.3 Å². The molecule has 0 amide bonds. The third-order valence-electron chi connectivity index (χ3n) is 4.75. The van der Waals surface area contributed by atoms with E-state index in [9.17, 15) is 25.2 Å². The number of hydrogen-bond donors (Lipinski definition) is 5. The molecule has 0 bridgehead atoms. The molecule has 6 nitrogen and oxygen atoms in total. The fourth-order valence-electron chi connectivity index (χ4n) is 2.71. The lowest BCUT2D eigenvalue weighted by Gasteiger charge is -2.24. The number of allylic oxidation sites excluding steroid dienone is 4. The average molecular weight is 392 g/mol. The van der Waals surface area contributed by atoms with Crippen molar-refractivity contribution >= 4 is 5.97 Å². The molecular formula is C22H32O6. The van der Waals surface area contributed by atoms with E-state index in [-0.39, 0.29) is 11.3 Å². The molecule has 1 rings (SSSR count). The van der Waals surface area contributed by atoms with Gasteiger partial charge in [-0.3, -0.25) is 0 Å². The molecule has 0 aliphatic heterocycles. The van der Waals surface area contributed by atoms with Gasteiger partial charge in [-0.05, 0) is 71.9 Å². The molecule has 0 spiro atoms. The number of benzene rings is 1. The van der Waals surface area contributed by atoms with Crippen LogP contribution < -0.4 is 0 Å². The lowest BCUT2D eigenvalue weighted by Crippen LogP contribution is -2.35. The Kier molecular flexibility index (Phi) is 8.72. The summed E-state index contributed by atoms with van der Waals surface area (Å²) in [6.07, 6.45) is 6.40. The Morgan fingerprint density at radius 2 is 1.71 bits per heavy atom. The van der Waals surface area contributed by atoms with Gasteiger partial charge in [0.25, 0.3) is 0 Å². The van der Waals surface area contributed by atoms with Crippen LogP contribution in [0.15, 0.2) is 35.4 Å². The summed E-state index contributed by atoms with van der Waals surface area (Å²) < 4.78 is 0. The first kappa shape index (κ1) is 23.7. The van der Waals surface area contributed by atoms with Crippen LogP contribution in [0.25, 0.3) is 0 Å². The minimum absolute atomic E-state index is 0.0665. The van der Waals surface area contributed by atoms with Crippen molar-refractivity contribution in [2.75, 3.05) is 0 Å². The maximum atomic E-state index is 11.1. The number of phenols is 2. The Morgan fingerprint density at radius 3 is 2.29 bits per heavy atom. The monoisotopic (exact) mass is 392 g/mol. The molecule has 0 aliphatic rings. The molecule has 0 heterocycles. The van der Waals surface area contributed by atoms with Crippen LogP contribution in [0.2, 0.25) is 0 Å². The van der Waals surface area contributed by atoms with Gasteiger partial charge in [-0.15, -0.1) is 0 Å². The number of aliphatic hydroxyl groups excluding tert-OH is 1. The molecule has 0 saturated heterocycles. The number of rotatable bonds is 10. The lowest BCUT2D eigenvalue weighted by molar-refractivity contribution is -0.0509. The van der Waals surface area contributed by atoms with Crippen LogP contribution in [0.3, 0.4) is 0 Å². The minimum atomic E-state index is -1.16. The van der Waals surface area contributed by atoms with Crippen LogP contribution >= 0.6 is 0 Å². The normalized spacial score (nSPS) is 14.2. The van der Waals surface area contributed by atoms with Crippen molar-refractivity contribution in [2.45, 2.75) is 71.5 Å². The number of carboxylic acids is 1. The zero-order valence-electron chi connectivity index (χ0n) is 17.1.